The summed E-state index contributed by atoms with van der Waals surface area (Å²) < 4.78 is 5.16. The van der Waals surface area contributed by atoms with Crippen LogP contribution in [0.2, 0.25) is 0 Å². The van der Waals surface area contributed by atoms with Gasteiger partial charge in [0, 0.05) is 12.1 Å². The molecular weight excluding hydrogens is 248 g/mol. The number of carboxylic acid groups (broad SMARTS) is 1. The van der Waals surface area contributed by atoms with Crippen molar-refractivity contribution in [3.8, 4) is 6.07 Å². The number of carbonyl (C=O) groups is 2. The number of nitrogens with zero attached hydrogens (tertiary/aromatic N) is 2. The molecule has 1 aliphatic heterocycles. The molecule has 1 aromatic rings. The summed E-state index contributed by atoms with van der Waals surface area (Å²) >= 11 is 0. The van der Waals surface area contributed by atoms with Gasteiger partial charge in [-0.25, -0.2) is 4.79 Å². The zero-order valence-corrected chi connectivity index (χ0v) is 10.1. The van der Waals surface area contributed by atoms with Gasteiger partial charge in [-0.3, -0.25) is 4.79 Å². The maximum absolute atomic E-state index is 12.2. The maximum Gasteiger partial charge on any atom is 0.335 e. The molecule has 1 N–H and O–H groups in total. The number of benzene rings is 1. The molecule has 98 valence electrons. The molecule has 19 heavy (non-hydrogen) atoms. The van der Waals surface area contributed by atoms with Gasteiger partial charge in [-0.1, -0.05) is 0 Å². The lowest BCUT2D eigenvalue weighted by Gasteiger charge is -2.29. The second-order valence-corrected chi connectivity index (χ2v) is 4.12. The third-order valence-electron chi connectivity index (χ3n) is 2.88. The van der Waals surface area contributed by atoms with Gasteiger partial charge in [0.05, 0.1) is 24.8 Å². The predicted molar refractivity (Wildman–Crippen MR) is 64.7 cm³/mol. The molecule has 0 spiro atoms. The van der Waals surface area contributed by atoms with E-state index >= 15 is 0 Å². The van der Waals surface area contributed by atoms with Crippen molar-refractivity contribution in [2.75, 3.05) is 19.7 Å². The smallest absolute Gasteiger partial charge is 0.335 e. The van der Waals surface area contributed by atoms with E-state index in [4.69, 9.17) is 15.1 Å². The minimum absolute atomic E-state index is 0.133. The molecule has 6 heteroatoms. The highest BCUT2D eigenvalue weighted by Gasteiger charge is 2.24. The Kier molecular flexibility index (Phi) is 3.78. The SMILES string of the molecule is N#CC1CN(C(=O)c2ccc(C(=O)O)cc2)CCO1. The molecule has 1 unspecified atom stereocenters. The van der Waals surface area contributed by atoms with E-state index < -0.39 is 12.1 Å². The monoisotopic (exact) mass is 260 g/mol. The van der Waals surface area contributed by atoms with Crippen molar-refractivity contribution in [3.63, 3.8) is 0 Å². The first-order valence-electron chi connectivity index (χ1n) is 5.75. The lowest BCUT2D eigenvalue weighted by Crippen LogP contribution is -2.45. The van der Waals surface area contributed by atoms with Gasteiger partial charge < -0.3 is 14.7 Å². The molecule has 1 aromatic carbocycles. The van der Waals surface area contributed by atoms with Crippen LogP contribution in [0.25, 0.3) is 0 Å². The Hall–Kier alpha value is -2.39. The van der Waals surface area contributed by atoms with Crippen molar-refractivity contribution in [2.45, 2.75) is 6.10 Å². The van der Waals surface area contributed by atoms with E-state index in [1.54, 1.807) is 0 Å². The van der Waals surface area contributed by atoms with Crippen LogP contribution >= 0.6 is 0 Å². The molecular formula is C13H12N2O4. The van der Waals surface area contributed by atoms with Crippen LogP contribution in [0, 0.1) is 11.3 Å². The van der Waals surface area contributed by atoms with Crippen molar-refractivity contribution in [1.29, 1.82) is 5.26 Å². The molecule has 1 atom stereocenters. The maximum atomic E-state index is 12.2. The molecule has 0 radical (unpaired) electrons. The first-order valence-corrected chi connectivity index (χ1v) is 5.75. The largest absolute Gasteiger partial charge is 0.478 e. The van der Waals surface area contributed by atoms with Gasteiger partial charge >= 0.3 is 5.97 Å². The van der Waals surface area contributed by atoms with E-state index in [9.17, 15) is 9.59 Å². The Morgan fingerprint density at radius 2 is 1.95 bits per heavy atom. The van der Waals surface area contributed by atoms with Crippen LogP contribution in [0.1, 0.15) is 20.7 Å². The molecule has 0 saturated carbocycles. The average Bonchev–Trinajstić information content (AvgIpc) is 2.46. The van der Waals surface area contributed by atoms with Crippen LogP contribution in [0.5, 0.6) is 0 Å². The molecule has 0 aliphatic carbocycles. The Balaban J connectivity index is 2.11. The Labute approximate surface area is 109 Å². The van der Waals surface area contributed by atoms with E-state index in [-0.39, 0.29) is 18.0 Å². The van der Waals surface area contributed by atoms with E-state index in [1.165, 1.54) is 29.2 Å². The topological polar surface area (TPSA) is 90.6 Å². The molecule has 1 heterocycles. The zero-order valence-electron chi connectivity index (χ0n) is 10.1. The summed E-state index contributed by atoms with van der Waals surface area (Å²) in [6.45, 7) is 0.991. The molecule has 1 aliphatic rings. The third kappa shape index (κ3) is 2.89. The average molecular weight is 260 g/mol. The number of hydrogen-bond acceptors (Lipinski definition) is 4. The standard InChI is InChI=1S/C13H12N2O4/c14-7-11-8-15(5-6-19-11)12(16)9-1-3-10(4-2-9)13(17)18/h1-4,11H,5-6,8H2,(H,17,18). The van der Waals surface area contributed by atoms with Crippen LogP contribution < -0.4 is 0 Å². The minimum Gasteiger partial charge on any atom is -0.478 e. The fourth-order valence-electron chi connectivity index (χ4n) is 1.85. The Bertz CT molecular complexity index is 533. The van der Waals surface area contributed by atoms with Crippen LogP contribution in [0.15, 0.2) is 24.3 Å². The van der Waals surface area contributed by atoms with Crippen molar-refractivity contribution >= 4 is 11.9 Å². The lowest BCUT2D eigenvalue weighted by atomic mass is 10.1. The number of ether oxygens (including phenoxy) is 1. The zero-order chi connectivity index (χ0) is 13.8. The number of hydrogen-bond donors (Lipinski definition) is 1. The van der Waals surface area contributed by atoms with Crippen molar-refractivity contribution < 1.29 is 19.4 Å². The van der Waals surface area contributed by atoms with Gasteiger partial charge in [0.2, 0.25) is 0 Å². The van der Waals surface area contributed by atoms with Crippen LogP contribution in [0.3, 0.4) is 0 Å². The number of carboxylic acids is 1. The summed E-state index contributed by atoms with van der Waals surface area (Å²) in [6.07, 6.45) is -0.601. The van der Waals surface area contributed by atoms with Crippen molar-refractivity contribution in [1.82, 2.24) is 4.90 Å². The number of rotatable bonds is 2. The van der Waals surface area contributed by atoms with E-state index in [0.717, 1.165) is 0 Å². The van der Waals surface area contributed by atoms with Gasteiger partial charge in [-0.2, -0.15) is 5.26 Å². The first-order chi connectivity index (χ1) is 9.11. The number of carbonyl (C=O) groups excluding carboxylic acids is 1. The molecule has 1 saturated heterocycles. The summed E-state index contributed by atoms with van der Waals surface area (Å²) in [5.41, 5.74) is 0.539. The molecule has 2 rings (SSSR count). The molecule has 0 aromatic heterocycles. The van der Waals surface area contributed by atoms with Crippen molar-refractivity contribution in [2.24, 2.45) is 0 Å². The summed E-state index contributed by atoms with van der Waals surface area (Å²) in [5, 5.41) is 17.6. The molecule has 1 amide bonds. The van der Waals surface area contributed by atoms with Gasteiger partial charge in [0.25, 0.3) is 5.91 Å². The van der Waals surface area contributed by atoms with Gasteiger partial charge in [-0.05, 0) is 24.3 Å². The van der Waals surface area contributed by atoms with E-state index in [0.29, 0.717) is 18.7 Å². The fourth-order valence-corrected chi connectivity index (χ4v) is 1.85. The molecule has 6 nitrogen and oxygen atoms in total. The predicted octanol–water partition coefficient (Wildman–Crippen LogP) is 0.749. The summed E-state index contributed by atoms with van der Waals surface area (Å²) in [6, 6.07) is 7.69. The minimum atomic E-state index is -1.03. The van der Waals surface area contributed by atoms with Gasteiger partial charge in [-0.15, -0.1) is 0 Å². The van der Waals surface area contributed by atoms with Crippen LogP contribution in [-0.2, 0) is 4.74 Å². The third-order valence-corrected chi connectivity index (χ3v) is 2.88. The lowest BCUT2D eigenvalue weighted by molar-refractivity contribution is 0.00346. The van der Waals surface area contributed by atoms with Crippen molar-refractivity contribution in [3.05, 3.63) is 35.4 Å². The highest BCUT2D eigenvalue weighted by molar-refractivity contribution is 5.96. The van der Waals surface area contributed by atoms with E-state index in [2.05, 4.69) is 0 Å². The normalized spacial score (nSPS) is 18.7. The molecule has 0 bridgehead atoms. The first kappa shape index (κ1) is 13.1. The summed E-state index contributed by atoms with van der Waals surface area (Å²) in [7, 11) is 0. The Morgan fingerprint density at radius 1 is 1.32 bits per heavy atom. The number of aromatic carboxylic acids is 1. The number of nitriles is 1. The fraction of sp³-hybridized carbons (Fsp3) is 0.308. The van der Waals surface area contributed by atoms with Gasteiger partial charge in [0.15, 0.2) is 6.10 Å². The highest BCUT2D eigenvalue weighted by Crippen LogP contribution is 2.11. The summed E-state index contributed by atoms with van der Waals surface area (Å²) in [5.74, 6) is -1.25. The Morgan fingerprint density at radius 3 is 2.53 bits per heavy atom. The summed E-state index contributed by atoms with van der Waals surface area (Å²) in [4.78, 5) is 24.4. The number of amides is 1. The second kappa shape index (κ2) is 5.50. The quantitative estimate of drug-likeness (QED) is 0.847. The van der Waals surface area contributed by atoms with Gasteiger partial charge in [0.1, 0.15) is 0 Å². The second-order valence-electron chi connectivity index (χ2n) is 4.12. The molecule has 1 fully saturated rings. The van der Waals surface area contributed by atoms with Crippen LogP contribution in [-0.4, -0.2) is 47.7 Å². The van der Waals surface area contributed by atoms with Crippen LogP contribution in [0.4, 0.5) is 0 Å². The van der Waals surface area contributed by atoms with E-state index in [1.807, 2.05) is 6.07 Å². The number of morpholine rings is 1. The highest BCUT2D eigenvalue weighted by atomic mass is 16.5.